The van der Waals surface area contributed by atoms with Crippen molar-refractivity contribution in [2.75, 3.05) is 17.4 Å². The summed E-state index contributed by atoms with van der Waals surface area (Å²) in [6.07, 6.45) is 0. The van der Waals surface area contributed by atoms with Crippen molar-refractivity contribution >= 4 is 33.0 Å². The van der Waals surface area contributed by atoms with Crippen molar-refractivity contribution in [1.82, 2.24) is 0 Å². The number of benzene rings is 2. The SMILES string of the molecule is CN(Cc1ccc(Br)cc1)c1cccc(NN)c1[N+](=O)[O-]. The Kier molecular flexibility index (Phi) is 4.77. The van der Waals surface area contributed by atoms with Crippen molar-refractivity contribution < 1.29 is 4.92 Å². The number of nitrogens with one attached hydrogen (secondary N) is 1. The molecule has 21 heavy (non-hydrogen) atoms. The normalized spacial score (nSPS) is 10.2. The Labute approximate surface area is 130 Å². The van der Waals surface area contributed by atoms with Gasteiger partial charge in [0.1, 0.15) is 11.4 Å². The minimum Gasteiger partial charge on any atom is -0.365 e. The molecule has 0 unspecified atom stereocenters. The number of anilines is 2. The summed E-state index contributed by atoms with van der Waals surface area (Å²) in [7, 11) is 1.81. The smallest absolute Gasteiger partial charge is 0.316 e. The summed E-state index contributed by atoms with van der Waals surface area (Å²) in [4.78, 5) is 12.7. The molecule has 3 N–H and O–H groups in total. The molecule has 0 saturated carbocycles. The Morgan fingerprint density at radius 2 is 1.95 bits per heavy atom. The molecule has 2 rings (SSSR count). The average Bonchev–Trinajstić information content (AvgIpc) is 2.48. The third-order valence-corrected chi connectivity index (χ3v) is 3.63. The number of halogens is 1. The molecule has 0 saturated heterocycles. The van der Waals surface area contributed by atoms with Gasteiger partial charge < -0.3 is 10.3 Å². The predicted octanol–water partition coefficient (Wildman–Crippen LogP) is 3.28. The molecule has 0 fully saturated rings. The largest absolute Gasteiger partial charge is 0.365 e. The van der Waals surface area contributed by atoms with E-state index in [1.54, 1.807) is 18.2 Å². The van der Waals surface area contributed by atoms with Gasteiger partial charge in [0, 0.05) is 18.1 Å². The van der Waals surface area contributed by atoms with E-state index >= 15 is 0 Å². The van der Waals surface area contributed by atoms with Gasteiger partial charge in [0.05, 0.1) is 4.92 Å². The topological polar surface area (TPSA) is 84.4 Å². The molecule has 0 radical (unpaired) electrons. The van der Waals surface area contributed by atoms with Gasteiger partial charge in [-0.05, 0) is 29.8 Å². The van der Waals surface area contributed by atoms with E-state index in [1.165, 1.54) is 0 Å². The standard InChI is InChI=1S/C14H15BrN4O2/c1-18(9-10-5-7-11(15)8-6-10)13-4-2-3-12(17-16)14(13)19(20)21/h2-8,17H,9,16H2,1H3. The molecule has 0 aliphatic carbocycles. The van der Waals surface area contributed by atoms with E-state index < -0.39 is 4.92 Å². The molecule has 0 aliphatic rings. The Balaban J connectivity index is 2.32. The first-order chi connectivity index (χ1) is 10.0. The number of hydrogen-bond acceptors (Lipinski definition) is 5. The van der Waals surface area contributed by atoms with Crippen molar-refractivity contribution in [1.29, 1.82) is 0 Å². The highest BCUT2D eigenvalue weighted by atomic mass is 79.9. The van der Waals surface area contributed by atoms with Gasteiger partial charge >= 0.3 is 5.69 Å². The summed E-state index contributed by atoms with van der Waals surface area (Å²) < 4.78 is 0.995. The number of nitrogen functional groups attached to an aromatic ring is 1. The van der Waals surface area contributed by atoms with Crippen molar-refractivity contribution in [3.05, 3.63) is 62.6 Å². The first kappa shape index (κ1) is 15.3. The summed E-state index contributed by atoms with van der Waals surface area (Å²) in [5, 5.41) is 11.3. The van der Waals surface area contributed by atoms with Crippen LogP contribution in [0.4, 0.5) is 17.1 Å². The number of hydrogen-bond donors (Lipinski definition) is 2. The molecule has 7 heteroatoms. The zero-order valence-corrected chi connectivity index (χ0v) is 13.0. The minimum atomic E-state index is -0.428. The maximum Gasteiger partial charge on any atom is 0.316 e. The number of para-hydroxylation sites is 1. The van der Waals surface area contributed by atoms with Crippen LogP contribution in [-0.2, 0) is 6.54 Å². The molecule has 0 atom stereocenters. The zero-order valence-electron chi connectivity index (χ0n) is 11.4. The molecular weight excluding hydrogens is 336 g/mol. The fourth-order valence-electron chi connectivity index (χ4n) is 2.10. The number of nitro benzene ring substituents is 1. The molecule has 2 aromatic carbocycles. The molecule has 0 amide bonds. The lowest BCUT2D eigenvalue weighted by atomic mass is 10.1. The van der Waals surface area contributed by atoms with Crippen LogP contribution >= 0.6 is 15.9 Å². The van der Waals surface area contributed by atoms with Gasteiger partial charge in [-0.1, -0.05) is 34.1 Å². The van der Waals surface area contributed by atoms with E-state index in [-0.39, 0.29) is 5.69 Å². The Bertz CT molecular complexity index is 646. The maximum absolute atomic E-state index is 11.3. The first-order valence-electron chi connectivity index (χ1n) is 6.22. The Hall–Kier alpha value is -2.12. The maximum atomic E-state index is 11.3. The number of nitro groups is 1. The predicted molar refractivity (Wildman–Crippen MR) is 87.2 cm³/mol. The molecule has 0 heterocycles. The van der Waals surface area contributed by atoms with Crippen LogP contribution in [0.1, 0.15) is 5.56 Å². The lowest BCUT2D eigenvalue weighted by Crippen LogP contribution is -2.19. The molecular formula is C14H15BrN4O2. The van der Waals surface area contributed by atoms with Gasteiger partial charge in [-0.3, -0.25) is 16.0 Å². The van der Waals surface area contributed by atoms with E-state index in [2.05, 4.69) is 21.4 Å². The highest BCUT2D eigenvalue weighted by molar-refractivity contribution is 9.10. The van der Waals surface area contributed by atoms with E-state index in [4.69, 9.17) is 5.84 Å². The highest BCUT2D eigenvalue weighted by Gasteiger charge is 2.21. The summed E-state index contributed by atoms with van der Waals surface area (Å²) >= 11 is 3.38. The third-order valence-electron chi connectivity index (χ3n) is 3.10. The second-order valence-electron chi connectivity index (χ2n) is 4.56. The summed E-state index contributed by atoms with van der Waals surface area (Å²) in [6, 6.07) is 12.8. The van der Waals surface area contributed by atoms with E-state index in [0.717, 1.165) is 10.0 Å². The van der Waals surface area contributed by atoms with Crippen LogP contribution in [0.25, 0.3) is 0 Å². The molecule has 0 aliphatic heterocycles. The molecule has 110 valence electrons. The van der Waals surface area contributed by atoms with Crippen LogP contribution < -0.4 is 16.2 Å². The lowest BCUT2D eigenvalue weighted by Gasteiger charge is -2.20. The zero-order chi connectivity index (χ0) is 15.4. The number of hydrazine groups is 1. The molecule has 6 nitrogen and oxygen atoms in total. The highest BCUT2D eigenvalue weighted by Crippen LogP contribution is 2.34. The van der Waals surface area contributed by atoms with Gasteiger partial charge in [0.15, 0.2) is 0 Å². The van der Waals surface area contributed by atoms with Crippen LogP contribution in [0.15, 0.2) is 46.9 Å². The number of nitrogens with zero attached hydrogens (tertiary/aromatic N) is 2. The molecule has 0 spiro atoms. The summed E-state index contributed by atoms with van der Waals surface area (Å²) in [5.41, 5.74) is 4.20. The van der Waals surface area contributed by atoms with Gasteiger partial charge in [0.25, 0.3) is 0 Å². The number of nitrogens with two attached hydrogens (primary N) is 1. The van der Waals surface area contributed by atoms with E-state index in [0.29, 0.717) is 17.9 Å². The summed E-state index contributed by atoms with van der Waals surface area (Å²) in [6.45, 7) is 0.558. The van der Waals surface area contributed by atoms with Crippen LogP contribution in [0.5, 0.6) is 0 Å². The average molecular weight is 351 g/mol. The molecule has 0 aromatic heterocycles. The van der Waals surface area contributed by atoms with Crippen LogP contribution in [0.3, 0.4) is 0 Å². The van der Waals surface area contributed by atoms with E-state index in [1.807, 2.05) is 36.2 Å². The lowest BCUT2D eigenvalue weighted by molar-refractivity contribution is -0.383. The van der Waals surface area contributed by atoms with Crippen molar-refractivity contribution in [3.63, 3.8) is 0 Å². The van der Waals surface area contributed by atoms with Crippen LogP contribution in [0, 0.1) is 10.1 Å². The van der Waals surface area contributed by atoms with Crippen molar-refractivity contribution in [2.24, 2.45) is 5.84 Å². The Morgan fingerprint density at radius 3 is 2.52 bits per heavy atom. The third kappa shape index (κ3) is 3.50. The summed E-state index contributed by atoms with van der Waals surface area (Å²) in [5.74, 6) is 5.35. The van der Waals surface area contributed by atoms with Crippen molar-refractivity contribution in [2.45, 2.75) is 6.54 Å². The second-order valence-corrected chi connectivity index (χ2v) is 5.47. The van der Waals surface area contributed by atoms with Gasteiger partial charge in [-0.15, -0.1) is 0 Å². The second kappa shape index (κ2) is 6.55. The quantitative estimate of drug-likeness (QED) is 0.491. The minimum absolute atomic E-state index is 0.0281. The Morgan fingerprint density at radius 1 is 1.29 bits per heavy atom. The van der Waals surface area contributed by atoms with Crippen molar-refractivity contribution in [3.8, 4) is 0 Å². The first-order valence-corrected chi connectivity index (χ1v) is 7.02. The number of rotatable bonds is 5. The van der Waals surface area contributed by atoms with Gasteiger partial charge in [0.2, 0.25) is 0 Å². The van der Waals surface area contributed by atoms with Crippen LogP contribution in [-0.4, -0.2) is 12.0 Å². The van der Waals surface area contributed by atoms with E-state index in [9.17, 15) is 10.1 Å². The monoisotopic (exact) mass is 350 g/mol. The van der Waals surface area contributed by atoms with Crippen LogP contribution in [0.2, 0.25) is 0 Å². The van der Waals surface area contributed by atoms with Gasteiger partial charge in [-0.2, -0.15) is 0 Å². The fraction of sp³-hybridized carbons (Fsp3) is 0.143. The fourth-order valence-corrected chi connectivity index (χ4v) is 2.36. The molecule has 2 aromatic rings. The molecule has 0 bridgehead atoms. The van der Waals surface area contributed by atoms with Gasteiger partial charge in [-0.25, -0.2) is 0 Å².